The number of carbonyl (C=O) groups is 2. The van der Waals surface area contributed by atoms with E-state index in [1.165, 1.54) is 34.5 Å². The van der Waals surface area contributed by atoms with E-state index in [9.17, 15) is 9.59 Å². The average molecular weight is 385 g/mol. The van der Waals surface area contributed by atoms with E-state index in [0.29, 0.717) is 34.1 Å². The second-order valence-corrected chi connectivity index (χ2v) is 5.79. The van der Waals surface area contributed by atoms with Crippen LogP contribution in [-0.2, 0) is 9.53 Å². The largest absolute Gasteiger partial charge is 0.496 e. The fourth-order valence-corrected chi connectivity index (χ4v) is 2.52. The molecule has 0 atom stereocenters. The predicted octanol–water partition coefficient (Wildman–Crippen LogP) is 3.46. The van der Waals surface area contributed by atoms with Crippen LogP contribution in [0.25, 0.3) is 6.08 Å². The van der Waals surface area contributed by atoms with E-state index < -0.39 is 5.97 Å². The molecular weight excluding hydrogens is 362 g/mol. The van der Waals surface area contributed by atoms with Gasteiger partial charge in [0.25, 0.3) is 0 Å². The number of methoxy groups -OCH3 is 4. The first-order valence-corrected chi connectivity index (χ1v) is 8.41. The Morgan fingerprint density at radius 3 is 2.14 bits per heavy atom. The number of amides is 1. The third kappa shape index (κ3) is 4.82. The van der Waals surface area contributed by atoms with E-state index in [4.69, 9.17) is 18.9 Å². The second-order valence-electron chi connectivity index (χ2n) is 5.79. The summed E-state index contributed by atoms with van der Waals surface area (Å²) in [5.74, 6) is 0.745. The van der Waals surface area contributed by atoms with Crippen LogP contribution in [0.4, 0.5) is 5.69 Å². The van der Waals surface area contributed by atoms with Crippen molar-refractivity contribution in [1.29, 1.82) is 0 Å². The maximum Gasteiger partial charge on any atom is 0.337 e. The number of anilines is 1. The van der Waals surface area contributed by atoms with Crippen LogP contribution in [0.1, 0.15) is 21.5 Å². The standard InChI is InChI=1S/C21H23NO6/c1-13-6-7-15(21(24)28-5)10-16(13)22-20(23)9-8-14-11-18(26-3)19(27-4)12-17(14)25-2/h6-12H,1-5H3,(H,22,23)/b9-8+. The average Bonchev–Trinajstić information content (AvgIpc) is 2.72. The summed E-state index contributed by atoms with van der Waals surface area (Å²) in [5.41, 5.74) is 2.35. The summed E-state index contributed by atoms with van der Waals surface area (Å²) < 4.78 is 20.6. The van der Waals surface area contributed by atoms with Crippen LogP contribution in [0.5, 0.6) is 17.2 Å². The predicted molar refractivity (Wildman–Crippen MR) is 106 cm³/mol. The van der Waals surface area contributed by atoms with E-state index in [-0.39, 0.29) is 5.91 Å². The molecule has 0 bridgehead atoms. The zero-order chi connectivity index (χ0) is 20.7. The van der Waals surface area contributed by atoms with E-state index in [1.54, 1.807) is 36.4 Å². The summed E-state index contributed by atoms with van der Waals surface area (Å²) in [6.45, 7) is 1.83. The minimum atomic E-state index is -0.471. The van der Waals surface area contributed by atoms with Gasteiger partial charge in [-0.25, -0.2) is 4.79 Å². The van der Waals surface area contributed by atoms with Crippen molar-refractivity contribution >= 4 is 23.6 Å². The topological polar surface area (TPSA) is 83.1 Å². The number of carbonyl (C=O) groups excluding carboxylic acids is 2. The van der Waals surface area contributed by atoms with E-state index in [1.807, 2.05) is 6.92 Å². The van der Waals surface area contributed by atoms with Gasteiger partial charge < -0.3 is 24.3 Å². The Morgan fingerprint density at radius 1 is 0.893 bits per heavy atom. The lowest BCUT2D eigenvalue weighted by molar-refractivity contribution is -0.111. The lowest BCUT2D eigenvalue weighted by Gasteiger charge is -2.12. The SMILES string of the molecule is COC(=O)c1ccc(C)c(NC(=O)/C=C/c2cc(OC)c(OC)cc2OC)c1. The molecule has 2 aromatic carbocycles. The number of ether oxygens (including phenoxy) is 4. The van der Waals surface area contributed by atoms with Crippen LogP contribution >= 0.6 is 0 Å². The highest BCUT2D eigenvalue weighted by Crippen LogP contribution is 2.35. The van der Waals surface area contributed by atoms with Gasteiger partial charge >= 0.3 is 5.97 Å². The van der Waals surface area contributed by atoms with Crippen LogP contribution in [-0.4, -0.2) is 40.3 Å². The van der Waals surface area contributed by atoms with Crippen molar-refractivity contribution in [2.45, 2.75) is 6.92 Å². The number of nitrogens with one attached hydrogen (secondary N) is 1. The molecule has 0 saturated carbocycles. The summed E-state index contributed by atoms with van der Waals surface area (Å²) >= 11 is 0. The van der Waals surface area contributed by atoms with Crippen molar-refractivity contribution in [2.75, 3.05) is 33.8 Å². The van der Waals surface area contributed by atoms with Gasteiger partial charge in [0.15, 0.2) is 11.5 Å². The molecule has 148 valence electrons. The van der Waals surface area contributed by atoms with Crippen LogP contribution in [0.15, 0.2) is 36.4 Å². The third-order valence-corrected chi connectivity index (χ3v) is 4.07. The zero-order valence-corrected chi connectivity index (χ0v) is 16.5. The number of benzene rings is 2. The van der Waals surface area contributed by atoms with Crippen molar-refractivity contribution in [2.24, 2.45) is 0 Å². The molecule has 0 aliphatic carbocycles. The monoisotopic (exact) mass is 385 g/mol. The Morgan fingerprint density at radius 2 is 1.54 bits per heavy atom. The molecule has 2 aromatic rings. The van der Waals surface area contributed by atoms with Crippen molar-refractivity contribution in [3.63, 3.8) is 0 Å². The highest BCUT2D eigenvalue weighted by molar-refractivity contribution is 6.03. The van der Waals surface area contributed by atoms with Crippen LogP contribution in [0.3, 0.4) is 0 Å². The van der Waals surface area contributed by atoms with Gasteiger partial charge in [-0.15, -0.1) is 0 Å². The summed E-state index contributed by atoms with van der Waals surface area (Å²) in [6.07, 6.45) is 2.98. The molecule has 0 fully saturated rings. The number of rotatable bonds is 7. The van der Waals surface area contributed by atoms with E-state index in [2.05, 4.69) is 5.32 Å². The van der Waals surface area contributed by atoms with Crippen LogP contribution in [0, 0.1) is 6.92 Å². The minimum absolute atomic E-state index is 0.355. The fraction of sp³-hybridized carbons (Fsp3) is 0.238. The van der Waals surface area contributed by atoms with Gasteiger partial charge in [-0.2, -0.15) is 0 Å². The van der Waals surface area contributed by atoms with Crippen molar-refractivity contribution in [3.05, 3.63) is 53.1 Å². The summed E-state index contributed by atoms with van der Waals surface area (Å²) in [6, 6.07) is 8.35. The molecule has 7 heteroatoms. The maximum absolute atomic E-state index is 12.4. The molecule has 0 saturated heterocycles. The molecule has 0 heterocycles. The van der Waals surface area contributed by atoms with Gasteiger partial charge in [-0.05, 0) is 36.8 Å². The molecule has 0 radical (unpaired) electrons. The molecule has 7 nitrogen and oxygen atoms in total. The van der Waals surface area contributed by atoms with Crippen LogP contribution in [0.2, 0.25) is 0 Å². The first kappa shape index (κ1) is 20.8. The molecule has 0 aliphatic rings. The molecule has 2 rings (SSSR count). The number of hydrogen-bond acceptors (Lipinski definition) is 6. The molecular formula is C21H23NO6. The minimum Gasteiger partial charge on any atom is -0.496 e. The molecule has 0 aliphatic heterocycles. The van der Waals surface area contributed by atoms with Crippen molar-refractivity contribution < 1.29 is 28.5 Å². The van der Waals surface area contributed by atoms with Gasteiger partial charge in [0, 0.05) is 23.4 Å². The Labute approximate surface area is 163 Å². The maximum atomic E-state index is 12.4. The number of esters is 1. The molecule has 0 aromatic heterocycles. The molecule has 0 spiro atoms. The summed E-state index contributed by atoms with van der Waals surface area (Å²) in [5, 5.41) is 2.76. The lowest BCUT2D eigenvalue weighted by Crippen LogP contribution is -2.10. The summed E-state index contributed by atoms with van der Waals surface area (Å²) in [4.78, 5) is 24.0. The molecule has 0 unspecified atom stereocenters. The Bertz CT molecular complexity index is 904. The van der Waals surface area contributed by atoms with Gasteiger partial charge in [0.05, 0.1) is 34.0 Å². The van der Waals surface area contributed by atoms with Crippen molar-refractivity contribution in [3.8, 4) is 17.2 Å². The Kier molecular flexibility index (Phi) is 7.03. The van der Waals surface area contributed by atoms with Gasteiger partial charge in [0.1, 0.15) is 5.75 Å². The smallest absolute Gasteiger partial charge is 0.337 e. The third-order valence-electron chi connectivity index (χ3n) is 4.07. The van der Waals surface area contributed by atoms with Crippen molar-refractivity contribution in [1.82, 2.24) is 0 Å². The highest BCUT2D eigenvalue weighted by Gasteiger charge is 2.12. The summed E-state index contributed by atoms with van der Waals surface area (Å²) in [7, 11) is 5.90. The first-order chi connectivity index (χ1) is 13.4. The molecule has 1 N–H and O–H groups in total. The highest BCUT2D eigenvalue weighted by atomic mass is 16.5. The number of hydrogen-bond donors (Lipinski definition) is 1. The zero-order valence-electron chi connectivity index (χ0n) is 16.5. The Balaban J connectivity index is 2.24. The normalized spacial score (nSPS) is 10.5. The lowest BCUT2D eigenvalue weighted by atomic mass is 10.1. The Hall–Kier alpha value is -3.48. The molecule has 1 amide bonds. The van der Waals surface area contributed by atoms with E-state index >= 15 is 0 Å². The first-order valence-electron chi connectivity index (χ1n) is 8.41. The van der Waals surface area contributed by atoms with Gasteiger partial charge in [-0.3, -0.25) is 4.79 Å². The fourth-order valence-electron chi connectivity index (χ4n) is 2.52. The van der Waals surface area contributed by atoms with Crippen LogP contribution < -0.4 is 19.5 Å². The quantitative estimate of drug-likeness (QED) is 0.581. The molecule has 28 heavy (non-hydrogen) atoms. The van der Waals surface area contributed by atoms with Gasteiger partial charge in [-0.1, -0.05) is 6.07 Å². The number of aryl methyl sites for hydroxylation is 1. The van der Waals surface area contributed by atoms with E-state index in [0.717, 1.165) is 5.56 Å². The second kappa shape index (κ2) is 9.45. The van der Waals surface area contributed by atoms with Gasteiger partial charge in [0.2, 0.25) is 5.91 Å².